The van der Waals surface area contributed by atoms with Gasteiger partial charge in [-0.25, -0.2) is 0 Å². The maximum absolute atomic E-state index is 12.5. The van der Waals surface area contributed by atoms with Crippen molar-refractivity contribution >= 4 is 11.9 Å². The quantitative estimate of drug-likeness (QED) is 0.480. The molecule has 0 aromatic heterocycles. The molecule has 0 bridgehead atoms. The van der Waals surface area contributed by atoms with Gasteiger partial charge in [0.2, 0.25) is 5.91 Å². The van der Waals surface area contributed by atoms with E-state index in [0.29, 0.717) is 6.54 Å². The third kappa shape index (κ3) is 2.46. The number of hydrogen-bond acceptors (Lipinski definition) is 3. The highest BCUT2D eigenvalue weighted by atomic mass is 16.5. The number of hydrogen-bond donors (Lipinski definition) is 0. The highest BCUT2D eigenvalue weighted by Gasteiger charge is 2.45. The molecule has 1 saturated heterocycles. The first-order chi connectivity index (χ1) is 9.60. The second-order valence-electron chi connectivity index (χ2n) is 4.98. The molecular formula is C16H19NO3. The number of methoxy groups -OCH3 is 1. The van der Waals surface area contributed by atoms with Crippen molar-refractivity contribution < 1.29 is 14.3 Å². The van der Waals surface area contributed by atoms with Crippen LogP contribution in [-0.4, -0.2) is 30.4 Å². The summed E-state index contributed by atoms with van der Waals surface area (Å²) < 4.78 is 4.74. The Kier molecular flexibility index (Phi) is 4.23. The van der Waals surface area contributed by atoms with Crippen LogP contribution in [0.25, 0.3) is 0 Å². The molecule has 1 amide bonds. The molecule has 0 unspecified atom stereocenters. The summed E-state index contributed by atoms with van der Waals surface area (Å²) in [5.74, 6) is -1.62. The van der Waals surface area contributed by atoms with E-state index in [1.54, 1.807) is 11.0 Å². The zero-order valence-electron chi connectivity index (χ0n) is 11.8. The largest absolute Gasteiger partial charge is 0.468 e. The first kappa shape index (κ1) is 14.3. The number of ether oxygens (including phenoxy) is 1. The van der Waals surface area contributed by atoms with Crippen LogP contribution < -0.4 is 0 Å². The van der Waals surface area contributed by atoms with Crippen molar-refractivity contribution in [2.75, 3.05) is 13.7 Å². The molecule has 4 heteroatoms. The van der Waals surface area contributed by atoms with Crippen molar-refractivity contribution in [2.45, 2.75) is 13.0 Å². The van der Waals surface area contributed by atoms with Gasteiger partial charge in [0.15, 0.2) is 0 Å². The number of likely N-dealkylation sites (tertiary alicyclic amines) is 1. The van der Waals surface area contributed by atoms with Crippen LogP contribution in [0, 0.1) is 11.8 Å². The minimum absolute atomic E-state index is 0.0687. The van der Waals surface area contributed by atoms with E-state index in [4.69, 9.17) is 4.74 Å². The molecule has 4 nitrogen and oxygen atoms in total. The van der Waals surface area contributed by atoms with E-state index in [-0.39, 0.29) is 17.9 Å². The summed E-state index contributed by atoms with van der Waals surface area (Å²) in [7, 11) is 1.30. The molecule has 0 N–H and O–H groups in total. The Balaban J connectivity index is 2.24. The maximum Gasteiger partial charge on any atom is 0.318 e. The smallest absolute Gasteiger partial charge is 0.318 e. The molecule has 0 aliphatic carbocycles. The summed E-state index contributed by atoms with van der Waals surface area (Å²) in [6.07, 6.45) is 1.66. The van der Waals surface area contributed by atoms with Crippen LogP contribution >= 0.6 is 0 Å². The third-order valence-electron chi connectivity index (χ3n) is 3.89. The fourth-order valence-corrected chi connectivity index (χ4v) is 2.66. The van der Waals surface area contributed by atoms with Gasteiger partial charge in [-0.3, -0.25) is 9.59 Å². The van der Waals surface area contributed by atoms with E-state index in [1.807, 2.05) is 37.3 Å². The van der Waals surface area contributed by atoms with Crippen molar-refractivity contribution in [3.05, 3.63) is 48.6 Å². The number of carbonyl (C=O) groups excluding carboxylic acids is 2. The second-order valence-corrected chi connectivity index (χ2v) is 4.98. The summed E-state index contributed by atoms with van der Waals surface area (Å²) in [6, 6.07) is 9.70. The van der Waals surface area contributed by atoms with Crippen LogP contribution in [0.2, 0.25) is 0 Å². The van der Waals surface area contributed by atoms with E-state index in [2.05, 4.69) is 6.58 Å². The minimum Gasteiger partial charge on any atom is -0.468 e. The SMILES string of the molecule is C=C[C@H]1CN([C@@H](C)c2ccccc2)C(=O)[C@H]1C(=O)OC. The van der Waals surface area contributed by atoms with Crippen LogP contribution in [0.15, 0.2) is 43.0 Å². The lowest BCUT2D eigenvalue weighted by atomic mass is 9.96. The average Bonchev–Trinajstić information content (AvgIpc) is 2.83. The van der Waals surface area contributed by atoms with Gasteiger partial charge in [-0.05, 0) is 12.5 Å². The monoisotopic (exact) mass is 273 g/mol. The normalized spacial score (nSPS) is 23.5. The van der Waals surface area contributed by atoms with Gasteiger partial charge in [-0.1, -0.05) is 36.4 Å². The Bertz CT molecular complexity index is 512. The lowest BCUT2D eigenvalue weighted by Gasteiger charge is -2.25. The molecule has 106 valence electrons. The molecule has 1 aromatic carbocycles. The predicted molar refractivity (Wildman–Crippen MR) is 75.8 cm³/mol. The first-order valence-corrected chi connectivity index (χ1v) is 6.66. The summed E-state index contributed by atoms with van der Waals surface area (Å²) in [6.45, 7) is 6.19. The number of benzene rings is 1. The average molecular weight is 273 g/mol. The van der Waals surface area contributed by atoms with Crippen molar-refractivity contribution in [1.29, 1.82) is 0 Å². The standard InChI is InChI=1S/C16H19NO3/c1-4-12-10-17(15(18)14(12)16(19)20-3)11(2)13-8-6-5-7-9-13/h4-9,11-12,14H,1,10H2,2-3H3/t11-,12-,14-/m0/s1. The summed E-state index contributed by atoms with van der Waals surface area (Å²) in [5, 5.41) is 0. The highest BCUT2D eigenvalue weighted by molar-refractivity contribution is 6.00. The predicted octanol–water partition coefficient (Wildman–Crippen LogP) is 2.18. The minimum atomic E-state index is -0.760. The van der Waals surface area contributed by atoms with Crippen molar-refractivity contribution in [3.63, 3.8) is 0 Å². The maximum atomic E-state index is 12.5. The molecular weight excluding hydrogens is 254 g/mol. The Morgan fingerprint density at radius 1 is 1.45 bits per heavy atom. The summed E-state index contributed by atoms with van der Waals surface area (Å²) in [5.41, 5.74) is 1.05. The van der Waals surface area contributed by atoms with Crippen LogP contribution in [0.5, 0.6) is 0 Å². The number of carbonyl (C=O) groups is 2. The molecule has 2 rings (SSSR count). The molecule has 1 heterocycles. The molecule has 0 saturated carbocycles. The zero-order valence-corrected chi connectivity index (χ0v) is 11.8. The molecule has 1 aromatic rings. The van der Waals surface area contributed by atoms with Gasteiger partial charge in [0.05, 0.1) is 13.2 Å². The molecule has 0 spiro atoms. The van der Waals surface area contributed by atoms with Gasteiger partial charge in [-0.2, -0.15) is 0 Å². The summed E-state index contributed by atoms with van der Waals surface area (Å²) >= 11 is 0. The topological polar surface area (TPSA) is 46.6 Å². The molecule has 1 fully saturated rings. The van der Waals surface area contributed by atoms with E-state index in [0.717, 1.165) is 5.56 Å². The van der Waals surface area contributed by atoms with Gasteiger partial charge in [0.1, 0.15) is 5.92 Å². The van der Waals surface area contributed by atoms with Gasteiger partial charge in [0.25, 0.3) is 0 Å². The van der Waals surface area contributed by atoms with Crippen molar-refractivity contribution in [1.82, 2.24) is 4.90 Å². The first-order valence-electron chi connectivity index (χ1n) is 6.66. The number of nitrogens with zero attached hydrogens (tertiary/aromatic N) is 1. The van der Waals surface area contributed by atoms with Crippen LogP contribution in [-0.2, 0) is 14.3 Å². The Morgan fingerprint density at radius 2 is 2.10 bits per heavy atom. The molecule has 0 radical (unpaired) electrons. The van der Waals surface area contributed by atoms with Crippen LogP contribution in [0.1, 0.15) is 18.5 Å². The van der Waals surface area contributed by atoms with Crippen LogP contribution in [0.3, 0.4) is 0 Å². The zero-order chi connectivity index (χ0) is 14.7. The van der Waals surface area contributed by atoms with E-state index < -0.39 is 11.9 Å². The second kappa shape index (κ2) is 5.90. The Morgan fingerprint density at radius 3 is 2.65 bits per heavy atom. The molecule has 3 atom stereocenters. The fraction of sp³-hybridized carbons (Fsp3) is 0.375. The number of esters is 1. The number of rotatable bonds is 4. The fourth-order valence-electron chi connectivity index (χ4n) is 2.66. The van der Waals surface area contributed by atoms with Crippen molar-refractivity contribution in [3.8, 4) is 0 Å². The van der Waals surface area contributed by atoms with E-state index in [9.17, 15) is 9.59 Å². The van der Waals surface area contributed by atoms with Gasteiger partial charge < -0.3 is 9.64 Å². The Hall–Kier alpha value is -2.10. The van der Waals surface area contributed by atoms with E-state index >= 15 is 0 Å². The summed E-state index contributed by atoms with van der Waals surface area (Å²) in [4.78, 5) is 26.0. The molecule has 20 heavy (non-hydrogen) atoms. The van der Waals surface area contributed by atoms with Gasteiger partial charge in [-0.15, -0.1) is 6.58 Å². The van der Waals surface area contributed by atoms with Gasteiger partial charge in [0, 0.05) is 12.5 Å². The van der Waals surface area contributed by atoms with Crippen LogP contribution in [0.4, 0.5) is 0 Å². The molecule has 1 aliphatic rings. The number of amides is 1. The third-order valence-corrected chi connectivity index (χ3v) is 3.89. The lowest BCUT2D eigenvalue weighted by molar-refractivity contribution is -0.151. The van der Waals surface area contributed by atoms with E-state index in [1.165, 1.54) is 7.11 Å². The van der Waals surface area contributed by atoms with Gasteiger partial charge >= 0.3 is 5.97 Å². The van der Waals surface area contributed by atoms with Crippen molar-refractivity contribution in [2.24, 2.45) is 11.8 Å². The lowest BCUT2D eigenvalue weighted by Crippen LogP contribution is -2.33. The Labute approximate surface area is 119 Å². The molecule has 1 aliphatic heterocycles. The highest BCUT2D eigenvalue weighted by Crippen LogP contribution is 2.33.